The smallest absolute Gasteiger partial charge is 0.135 e. The minimum absolute atomic E-state index is 0.763. The summed E-state index contributed by atoms with van der Waals surface area (Å²) in [7, 11) is 0. The SMILES string of the molecule is Cc1ccccc1Nc1cc(NCCc2cccc(Cl)c2)ncn1. The molecule has 0 fully saturated rings. The van der Waals surface area contributed by atoms with Gasteiger partial charge in [0, 0.05) is 23.3 Å². The molecule has 1 heterocycles. The summed E-state index contributed by atoms with van der Waals surface area (Å²) in [5.74, 6) is 1.56. The van der Waals surface area contributed by atoms with Crippen LogP contribution in [-0.4, -0.2) is 16.5 Å². The summed E-state index contributed by atoms with van der Waals surface area (Å²) in [6, 6.07) is 17.9. The minimum atomic E-state index is 0.763. The third-order valence-corrected chi connectivity index (χ3v) is 3.92. The molecule has 0 aliphatic carbocycles. The Hall–Kier alpha value is -2.59. The number of nitrogens with zero attached hydrogens (tertiary/aromatic N) is 2. The Morgan fingerprint density at radius 3 is 2.62 bits per heavy atom. The molecule has 122 valence electrons. The van der Waals surface area contributed by atoms with Crippen LogP contribution in [0.2, 0.25) is 5.02 Å². The van der Waals surface area contributed by atoms with Gasteiger partial charge in [0.15, 0.2) is 0 Å². The summed E-state index contributed by atoms with van der Waals surface area (Å²) in [6.45, 7) is 2.84. The quantitative estimate of drug-likeness (QED) is 0.675. The number of hydrogen-bond donors (Lipinski definition) is 2. The first-order chi connectivity index (χ1) is 11.7. The Kier molecular flexibility index (Phi) is 5.29. The highest BCUT2D eigenvalue weighted by Crippen LogP contribution is 2.19. The van der Waals surface area contributed by atoms with Crippen molar-refractivity contribution < 1.29 is 0 Å². The lowest BCUT2D eigenvalue weighted by molar-refractivity contribution is 1.000. The molecule has 3 rings (SSSR count). The molecule has 0 spiro atoms. The van der Waals surface area contributed by atoms with Gasteiger partial charge in [-0.25, -0.2) is 9.97 Å². The maximum Gasteiger partial charge on any atom is 0.135 e. The van der Waals surface area contributed by atoms with Gasteiger partial charge in [0.05, 0.1) is 0 Å². The second kappa shape index (κ2) is 7.79. The van der Waals surface area contributed by atoms with Crippen molar-refractivity contribution in [2.75, 3.05) is 17.2 Å². The van der Waals surface area contributed by atoms with Crippen LogP contribution in [0.15, 0.2) is 60.9 Å². The Morgan fingerprint density at radius 1 is 0.958 bits per heavy atom. The predicted molar refractivity (Wildman–Crippen MR) is 100 cm³/mol. The Bertz CT molecular complexity index is 820. The summed E-state index contributed by atoms with van der Waals surface area (Å²) in [5.41, 5.74) is 3.41. The van der Waals surface area contributed by atoms with Crippen LogP contribution < -0.4 is 10.6 Å². The molecule has 1 aromatic heterocycles. The largest absolute Gasteiger partial charge is 0.370 e. The van der Waals surface area contributed by atoms with Crippen molar-refractivity contribution in [3.63, 3.8) is 0 Å². The zero-order valence-electron chi connectivity index (χ0n) is 13.5. The van der Waals surface area contributed by atoms with Gasteiger partial charge in [-0.15, -0.1) is 0 Å². The number of rotatable bonds is 6. The van der Waals surface area contributed by atoms with Crippen LogP contribution in [0.3, 0.4) is 0 Å². The predicted octanol–water partition coefficient (Wildman–Crippen LogP) is 4.84. The van der Waals surface area contributed by atoms with Crippen molar-refractivity contribution in [1.82, 2.24) is 9.97 Å². The number of aromatic nitrogens is 2. The number of para-hydroxylation sites is 1. The Morgan fingerprint density at radius 2 is 1.79 bits per heavy atom. The molecule has 0 bridgehead atoms. The second-order valence-corrected chi connectivity index (χ2v) is 5.97. The molecular formula is C19H19ClN4. The Labute approximate surface area is 146 Å². The molecule has 0 aliphatic rings. The van der Waals surface area contributed by atoms with E-state index >= 15 is 0 Å². The summed E-state index contributed by atoms with van der Waals surface area (Å²) in [4.78, 5) is 8.54. The molecule has 0 saturated carbocycles. The van der Waals surface area contributed by atoms with E-state index in [0.717, 1.165) is 35.3 Å². The van der Waals surface area contributed by atoms with Crippen LogP contribution in [0.4, 0.5) is 17.3 Å². The number of benzene rings is 2. The lowest BCUT2D eigenvalue weighted by atomic mass is 10.1. The summed E-state index contributed by atoms with van der Waals surface area (Å²) in [5, 5.41) is 7.40. The van der Waals surface area contributed by atoms with Gasteiger partial charge in [-0.3, -0.25) is 0 Å². The molecule has 3 aromatic rings. The number of hydrogen-bond acceptors (Lipinski definition) is 4. The van der Waals surface area contributed by atoms with Gasteiger partial charge in [-0.1, -0.05) is 41.9 Å². The molecule has 4 nitrogen and oxygen atoms in total. The van der Waals surface area contributed by atoms with E-state index in [-0.39, 0.29) is 0 Å². The van der Waals surface area contributed by atoms with E-state index in [2.05, 4.69) is 39.7 Å². The highest BCUT2D eigenvalue weighted by molar-refractivity contribution is 6.30. The molecule has 0 unspecified atom stereocenters. The average Bonchev–Trinajstić information content (AvgIpc) is 2.58. The fraction of sp³-hybridized carbons (Fsp3) is 0.158. The van der Waals surface area contributed by atoms with Gasteiger partial charge in [0.1, 0.15) is 18.0 Å². The first-order valence-corrected chi connectivity index (χ1v) is 8.21. The third-order valence-electron chi connectivity index (χ3n) is 3.68. The molecule has 0 amide bonds. The molecular weight excluding hydrogens is 320 g/mol. The maximum absolute atomic E-state index is 6.00. The third kappa shape index (κ3) is 4.46. The first kappa shape index (κ1) is 16.3. The van der Waals surface area contributed by atoms with Crippen LogP contribution >= 0.6 is 11.6 Å². The molecule has 0 atom stereocenters. The van der Waals surface area contributed by atoms with E-state index in [1.54, 1.807) is 6.33 Å². The molecule has 24 heavy (non-hydrogen) atoms. The van der Waals surface area contributed by atoms with Gasteiger partial charge < -0.3 is 10.6 Å². The lowest BCUT2D eigenvalue weighted by Crippen LogP contribution is -2.07. The van der Waals surface area contributed by atoms with Crippen LogP contribution in [0.25, 0.3) is 0 Å². The summed E-state index contributed by atoms with van der Waals surface area (Å²) in [6.07, 6.45) is 2.44. The zero-order valence-corrected chi connectivity index (χ0v) is 14.2. The van der Waals surface area contributed by atoms with Crippen LogP contribution in [0, 0.1) is 6.92 Å². The van der Waals surface area contributed by atoms with Crippen molar-refractivity contribution in [2.45, 2.75) is 13.3 Å². The van der Waals surface area contributed by atoms with Gasteiger partial charge in [-0.05, 0) is 42.7 Å². The zero-order chi connectivity index (χ0) is 16.8. The van der Waals surface area contributed by atoms with Gasteiger partial charge in [0.25, 0.3) is 0 Å². The monoisotopic (exact) mass is 338 g/mol. The fourth-order valence-corrected chi connectivity index (χ4v) is 2.61. The normalized spacial score (nSPS) is 10.4. The summed E-state index contributed by atoms with van der Waals surface area (Å²) >= 11 is 6.00. The molecule has 2 aromatic carbocycles. The van der Waals surface area contributed by atoms with E-state index in [9.17, 15) is 0 Å². The Balaban J connectivity index is 1.60. The van der Waals surface area contributed by atoms with E-state index in [1.165, 1.54) is 11.1 Å². The number of nitrogens with one attached hydrogen (secondary N) is 2. The first-order valence-electron chi connectivity index (χ1n) is 7.84. The van der Waals surface area contributed by atoms with Crippen molar-refractivity contribution >= 4 is 28.9 Å². The van der Waals surface area contributed by atoms with Crippen LogP contribution in [0.1, 0.15) is 11.1 Å². The molecule has 0 radical (unpaired) electrons. The number of aryl methyl sites for hydroxylation is 1. The topological polar surface area (TPSA) is 49.8 Å². The van der Waals surface area contributed by atoms with Gasteiger partial charge >= 0.3 is 0 Å². The maximum atomic E-state index is 6.00. The van der Waals surface area contributed by atoms with E-state index < -0.39 is 0 Å². The van der Waals surface area contributed by atoms with Crippen molar-refractivity contribution in [1.29, 1.82) is 0 Å². The van der Waals surface area contributed by atoms with Crippen LogP contribution in [-0.2, 0) is 6.42 Å². The average molecular weight is 339 g/mol. The molecule has 2 N–H and O–H groups in total. The lowest BCUT2D eigenvalue weighted by Gasteiger charge is -2.10. The van der Waals surface area contributed by atoms with E-state index in [1.807, 2.05) is 42.5 Å². The summed E-state index contributed by atoms with van der Waals surface area (Å²) < 4.78 is 0. The van der Waals surface area contributed by atoms with Crippen molar-refractivity contribution in [2.24, 2.45) is 0 Å². The molecule has 0 saturated heterocycles. The van der Waals surface area contributed by atoms with Gasteiger partial charge in [0.2, 0.25) is 0 Å². The van der Waals surface area contributed by atoms with E-state index in [4.69, 9.17) is 11.6 Å². The number of anilines is 3. The van der Waals surface area contributed by atoms with Crippen molar-refractivity contribution in [3.8, 4) is 0 Å². The van der Waals surface area contributed by atoms with Gasteiger partial charge in [-0.2, -0.15) is 0 Å². The standard InChI is InChI=1S/C19H19ClN4/c1-14-5-2-3-8-17(14)24-19-12-18(22-13-23-19)21-10-9-15-6-4-7-16(20)11-15/h2-8,11-13H,9-10H2,1H3,(H2,21,22,23,24). The van der Waals surface area contributed by atoms with E-state index in [0.29, 0.717) is 0 Å². The molecule has 5 heteroatoms. The fourth-order valence-electron chi connectivity index (χ4n) is 2.40. The van der Waals surface area contributed by atoms with Crippen molar-refractivity contribution in [3.05, 3.63) is 77.1 Å². The highest BCUT2D eigenvalue weighted by atomic mass is 35.5. The number of halogens is 1. The highest BCUT2D eigenvalue weighted by Gasteiger charge is 2.02. The second-order valence-electron chi connectivity index (χ2n) is 5.54. The minimum Gasteiger partial charge on any atom is -0.370 e. The molecule has 0 aliphatic heterocycles. The van der Waals surface area contributed by atoms with Crippen LogP contribution in [0.5, 0.6) is 0 Å².